The molecule has 0 saturated carbocycles. The van der Waals surface area contributed by atoms with E-state index in [1.807, 2.05) is 0 Å². The molecule has 0 aliphatic carbocycles. The average Bonchev–Trinajstić information content (AvgIpc) is 2.83. The third kappa shape index (κ3) is 5.77. The Morgan fingerprint density at radius 2 is 2.24 bits per heavy atom. The lowest BCUT2D eigenvalue weighted by Crippen LogP contribution is -2.29. The number of nitrogen functional groups attached to an aromatic ring is 1. The SMILES string of the molecule is Cc1cn([C@H]2C[C@H](N=[N+]=[N-])[C@@H](COP(=O)([O-])[O-])O2)c(=O)nc1N.[NH4+].[NH4+]. The molecule has 1 aromatic heterocycles. The van der Waals surface area contributed by atoms with Gasteiger partial charge in [-0.25, -0.2) is 4.79 Å². The first-order valence-electron chi connectivity index (χ1n) is 6.43. The zero-order valence-corrected chi connectivity index (χ0v) is 14.8. The number of phosphoric acid groups is 1. The van der Waals surface area contributed by atoms with Crippen LogP contribution in [0.4, 0.5) is 5.82 Å². The summed E-state index contributed by atoms with van der Waals surface area (Å²) in [5, 5.41) is 3.47. The van der Waals surface area contributed by atoms with E-state index >= 15 is 0 Å². The summed E-state index contributed by atoms with van der Waals surface area (Å²) in [4.78, 5) is 39.2. The fourth-order valence-corrected chi connectivity index (χ4v) is 2.50. The van der Waals surface area contributed by atoms with Crippen LogP contribution in [0.5, 0.6) is 0 Å². The van der Waals surface area contributed by atoms with Crippen molar-refractivity contribution in [2.24, 2.45) is 5.11 Å². The summed E-state index contributed by atoms with van der Waals surface area (Å²) in [5.74, 6) is 0.0781. The Kier molecular flexibility index (Phi) is 8.18. The van der Waals surface area contributed by atoms with Crippen molar-refractivity contribution < 1.29 is 23.6 Å². The Balaban J connectivity index is 0.00000288. The second-order valence-corrected chi connectivity index (χ2v) is 6.03. The minimum atomic E-state index is -5.19. The topological polar surface area (TPSA) is 264 Å². The van der Waals surface area contributed by atoms with Crippen LogP contribution < -0.4 is 33.5 Å². The molecule has 0 aromatic carbocycles. The number of ether oxygens (including phenoxy) is 1. The van der Waals surface area contributed by atoms with Crippen molar-refractivity contribution in [1.29, 1.82) is 0 Å². The van der Waals surface area contributed by atoms with Crippen molar-refractivity contribution in [3.63, 3.8) is 0 Å². The third-order valence-electron chi connectivity index (χ3n) is 3.29. The van der Waals surface area contributed by atoms with Gasteiger partial charge >= 0.3 is 5.69 Å². The number of rotatable bonds is 5. The summed E-state index contributed by atoms with van der Waals surface area (Å²) in [7, 11) is -5.19. The lowest BCUT2D eigenvalue weighted by Gasteiger charge is -2.30. The summed E-state index contributed by atoms with van der Waals surface area (Å²) >= 11 is 0. The van der Waals surface area contributed by atoms with Gasteiger partial charge in [-0.3, -0.25) is 4.57 Å². The van der Waals surface area contributed by atoms with Gasteiger partial charge in [-0.15, -0.1) is 0 Å². The normalized spacial score (nSPS) is 22.4. The van der Waals surface area contributed by atoms with Crippen molar-refractivity contribution in [3.8, 4) is 0 Å². The van der Waals surface area contributed by atoms with Crippen LogP contribution in [0, 0.1) is 6.92 Å². The number of anilines is 1. The van der Waals surface area contributed by atoms with Crippen molar-refractivity contribution in [2.45, 2.75) is 31.7 Å². The maximum absolute atomic E-state index is 11.9. The predicted molar refractivity (Wildman–Crippen MR) is 84.6 cm³/mol. The van der Waals surface area contributed by atoms with Crippen LogP contribution in [0.25, 0.3) is 10.4 Å². The minimum absolute atomic E-state index is 0. The van der Waals surface area contributed by atoms with Gasteiger partial charge in [0.15, 0.2) is 0 Å². The highest BCUT2D eigenvalue weighted by atomic mass is 31.2. The van der Waals surface area contributed by atoms with E-state index in [0.717, 1.165) is 4.57 Å². The van der Waals surface area contributed by atoms with Gasteiger partial charge in [0.25, 0.3) is 0 Å². The van der Waals surface area contributed by atoms with Crippen molar-refractivity contribution >= 4 is 13.6 Å². The molecule has 2 heterocycles. The molecule has 2 rings (SSSR count). The smallest absolute Gasteiger partial charge is 0.351 e. The molecule has 1 saturated heterocycles. The molecule has 15 heteroatoms. The molecule has 1 fully saturated rings. The molecule has 3 atom stereocenters. The van der Waals surface area contributed by atoms with Gasteiger partial charge in [-0.05, 0) is 12.5 Å². The minimum Gasteiger partial charge on any atom is -0.790 e. The molecular formula is C10H21N8O6P. The molecule has 0 bridgehead atoms. The van der Waals surface area contributed by atoms with Gasteiger partial charge in [0.05, 0.1) is 26.6 Å². The van der Waals surface area contributed by atoms with Crippen molar-refractivity contribution in [2.75, 3.05) is 12.3 Å². The van der Waals surface area contributed by atoms with Crippen LogP contribution in [0.3, 0.4) is 0 Å². The Bertz CT molecular complexity index is 743. The van der Waals surface area contributed by atoms with E-state index in [9.17, 15) is 19.1 Å². The molecule has 1 aromatic rings. The number of nitrogens with two attached hydrogens (primary N) is 1. The molecule has 25 heavy (non-hydrogen) atoms. The van der Waals surface area contributed by atoms with Gasteiger partial charge in [0, 0.05) is 23.1 Å². The van der Waals surface area contributed by atoms with Gasteiger partial charge in [-0.2, -0.15) is 4.98 Å². The average molecular weight is 380 g/mol. The number of nitrogens with zero attached hydrogens (tertiary/aromatic N) is 5. The monoisotopic (exact) mass is 380 g/mol. The maximum atomic E-state index is 11.9. The lowest BCUT2D eigenvalue weighted by molar-refractivity contribution is -0.343. The lowest BCUT2D eigenvalue weighted by atomic mass is 10.1. The van der Waals surface area contributed by atoms with Crippen LogP contribution in [-0.4, -0.2) is 28.3 Å². The molecule has 1 aliphatic rings. The first-order valence-corrected chi connectivity index (χ1v) is 7.89. The molecule has 1 aliphatic heterocycles. The highest BCUT2D eigenvalue weighted by Crippen LogP contribution is 2.33. The van der Waals surface area contributed by atoms with E-state index in [-0.39, 0.29) is 24.5 Å². The largest absolute Gasteiger partial charge is 0.790 e. The van der Waals surface area contributed by atoms with Gasteiger partial charge < -0.3 is 41.6 Å². The Morgan fingerprint density at radius 3 is 2.80 bits per heavy atom. The van der Waals surface area contributed by atoms with Crippen LogP contribution in [0.1, 0.15) is 18.2 Å². The maximum Gasteiger partial charge on any atom is 0.351 e. The zero-order valence-electron chi connectivity index (χ0n) is 13.9. The molecule has 0 unspecified atom stereocenters. The molecule has 0 radical (unpaired) electrons. The molecular weight excluding hydrogens is 359 g/mol. The highest BCUT2D eigenvalue weighted by Gasteiger charge is 2.36. The summed E-state index contributed by atoms with van der Waals surface area (Å²) < 4.78 is 21.3. The molecule has 0 spiro atoms. The number of aryl methyl sites for hydroxylation is 1. The third-order valence-corrected chi connectivity index (χ3v) is 3.75. The van der Waals surface area contributed by atoms with Gasteiger partial charge in [0.1, 0.15) is 12.0 Å². The number of aromatic nitrogens is 2. The van der Waals surface area contributed by atoms with Crippen LogP contribution >= 0.6 is 7.82 Å². The predicted octanol–water partition coefficient (Wildman–Crippen LogP) is -0.302. The first kappa shape index (κ1) is 23.0. The number of hydrogen-bond acceptors (Lipinski definition) is 9. The van der Waals surface area contributed by atoms with Crippen LogP contribution in [-0.2, 0) is 13.8 Å². The fraction of sp³-hybridized carbons (Fsp3) is 0.600. The van der Waals surface area contributed by atoms with Gasteiger partial charge in [0.2, 0.25) is 0 Å². The quantitative estimate of drug-likeness (QED) is 0.263. The van der Waals surface area contributed by atoms with E-state index in [1.54, 1.807) is 6.92 Å². The highest BCUT2D eigenvalue weighted by molar-refractivity contribution is 7.43. The summed E-state index contributed by atoms with van der Waals surface area (Å²) in [6, 6.07) is -0.804. The van der Waals surface area contributed by atoms with E-state index in [0.29, 0.717) is 5.56 Å². The zero-order chi connectivity index (χ0) is 17.2. The van der Waals surface area contributed by atoms with Gasteiger partial charge in [-0.1, -0.05) is 5.11 Å². The summed E-state index contributed by atoms with van der Waals surface area (Å²) in [5.41, 5.74) is 14.0. The summed E-state index contributed by atoms with van der Waals surface area (Å²) in [6.07, 6.45) is -0.323. The molecule has 142 valence electrons. The van der Waals surface area contributed by atoms with E-state index in [2.05, 4.69) is 19.5 Å². The van der Waals surface area contributed by atoms with Crippen LogP contribution in [0.15, 0.2) is 16.1 Å². The number of hydrogen-bond donors (Lipinski definition) is 3. The second-order valence-electron chi connectivity index (χ2n) is 4.88. The summed E-state index contributed by atoms with van der Waals surface area (Å²) in [6.45, 7) is 1.03. The Labute approximate surface area is 142 Å². The number of phosphoric ester groups is 1. The molecule has 14 nitrogen and oxygen atoms in total. The number of azide groups is 1. The Hall–Kier alpha value is -2.02. The van der Waals surface area contributed by atoms with Crippen LogP contribution in [0.2, 0.25) is 0 Å². The fourth-order valence-electron chi connectivity index (χ4n) is 2.17. The van der Waals surface area contributed by atoms with E-state index < -0.39 is 38.5 Å². The first-order chi connectivity index (χ1) is 10.7. The molecule has 10 N–H and O–H groups in total. The standard InChI is InChI=1S/C10H15N6O6P.2H3N/c1-5-3-16(10(17)13-9(5)11)8-2-6(14-15-12)7(22-8)4-21-23(18,19)20;;/h3,6-8H,2,4H2,1H3,(H2,11,13,17)(H2,18,19,20);2*1H3/t6-,7+,8+;;/m0../s1. The van der Waals surface area contributed by atoms with E-state index in [1.165, 1.54) is 6.20 Å². The molecule has 0 amide bonds. The Morgan fingerprint density at radius 1 is 1.60 bits per heavy atom. The second kappa shape index (κ2) is 8.89. The van der Waals surface area contributed by atoms with Crippen molar-refractivity contribution in [3.05, 3.63) is 32.7 Å². The van der Waals surface area contributed by atoms with E-state index in [4.69, 9.17) is 16.0 Å². The number of quaternary nitrogens is 2. The van der Waals surface area contributed by atoms with Crippen molar-refractivity contribution in [1.82, 2.24) is 21.9 Å².